The molecule has 4 N–H and O–H groups in total. The van der Waals surface area contributed by atoms with Crippen LogP contribution in [0.15, 0.2) is 35.1 Å². The van der Waals surface area contributed by atoms with Crippen LogP contribution in [-0.4, -0.2) is 16.1 Å². The highest BCUT2D eigenvalue weighted by Gasteiger charge is 2.31. The molecule has 0 radical (unpaired) electrons. The molecule has 0 aliphatic rings. The van der Waals surface area contributed by atoms with Crippen molar-refractivity contribution < 1.29 is 18.0 Å². The van der Waals surface area contributed by atoms with E-state index in [1.165, 1.54) is 6.07 Å². The standard InChI is InChI=1S/C12H9F3N4O2/c13-12(14,15)6-1-2-8(16)7(5-6)11(21)17-9-3-4-10(20)19-18-9/h1-5H,16H2,(H,19,20)(H,17,18,21). The molecule has 9 heteroatoms. The van der Waals surface area contributed by atoms with Gasteiger partial charge < -0.3 is 11.1 Å². The third-order valence-electron chi connectivity index (χ3n) is 2.55. The van der Waals surface area contributed by atoms with Crippen LogP contribution in [0.5, 0.6) is 0 Å². The molecule has 1 aromatic carbocycles. The maximum Gasteiger partial charge on any atom is 0.416 e. The number of carbonyl (C=O) groups excluding carboxylic acids is 1. The number of aromatic amines is 1. The molecule has 0 saturated heterocycles. The second-order valence-corrected chi connectivity index (χ2v) is 4.06. The molecule has 1 amide bonds. The van der Waals surface area contributed by atoms with Gasteiger partial charge in [-0.05, 0) is 24.3 Å². The Balaban J connectivity index is 2.30. The predicted molar refractivity (Wildman–Crippen MR) is 68.7 cm³/mol. The van der Waals surface area contributed by atoms with Gasteiger partial charge in [0.2, 0.25) is 0 Å². The number of anilines is 2. The SMILES string of the molecule is Nc1ccc(C(F)(F)F)cc1C(=O)Nc1ccc(=O)[nH]n1. The lowest BCUT2D eigenvalue weighted by Crippen LogP contribution is -2.18. The molecule has 0 aliphatic carbocycles. The zero-order chi connectivity index (χ0) is 15.6. The molecule has 0 fully saturated rings. The van der Waals surface area contributed by atoms with Gasteiger partial charge in [-0.2, -0.15) is 18.3 Å². The van der Waals surface area contributed by atoms with E-state index >= 15 is 0 Å². The van der Waals surface area contributed by atoms with Crippen molar-refractivity contribution in [1.82, 2.24) is 10.2 Å². The van der Waals surface area contributed by atoms with Crippen LogP contribution in [-0.2, 0) is 6.18 Å². The maximum atomic E-state index is 12.6. The number of nitrogens with two attached hydrogens (primary N) is 1. The first kappa shape index (κ1) is 14.6. The molecule has 21 heavy (non-hydrogen) atoms. The summed E-state index contributed by atoms with van der Waals surface area (Å²) in [6.45, 7) is 0. The largest absolute Gasteiger partial charge is 0.416 e. The highest BCUT2D eigenvalue weighted by molar-refractivity contribution is 6.07. The first-order chi connectivity index (χ1) is 9.77. The third kappa shape index (κ3) is 3.38. The molecular weight excluding hydrogens is 289 g/mol. The van der Waals surface area contributed by atoms with Crippen LogP contribution in [0.2, 0.25) is 0 Å². The number of nitrogen functional groups attached to an aromatic ring is 1. The highest BCUT2D eigenvalue weighted by Crippen LogP contribution is 2.31. The molecule has 1 aromatic heterocycles. The van der Waals surface area contributed by atoms with E-state index in [1.807, 2.05) is 0 Å². The number of benzene rings is 1. The van der Waals surface area contributed by atoms with E-state index in [1.54, 1.807) is 0 Å². The van der Waals surface area contributed by atoms with Gasteiger partial charge in [0, 0.05) is 11.8 Å². The van der Waals surface area contributed by atoms with Gasteiger partial charge in [-0.1, -0.05) is 0 Å². The fraction of sp³-hybridized carbons (Fsp3) is 0.0833. The van der Waals surface area contributed by atoms with Crippen LogP contribution in [0.1, 0.15) is 15.9 Å². The Hall–Kier alpha value is -2.84. The van der Waals surface area contributed by atoms with E-state index in [2.05, 4.69) is 15.5 Å². The molecule has 2 rings (SSSR count). The lowest BCUT2D eigenvalue weighted by atomic mass is 10.1. The molecule has 0 bridgehead atoms. The van der Waals surface area contributed by atoms with Gasteiger partial charge in [0.25, 0.3) is 11.5 Å². The lowest BCUT2D eigenvalue weighted by molar-refractivity contribution is -0.137. The van der Waals surface area contributed by atoms with Gasteiger partial charge in [0.1, 0.15) is 0 Å². The number of nitrogens with one attached hydrogen (secondary N) is 2. The number of rotatable bonds is 2. The van der Waals surface area contributed by atoms with Crippen molar-refractivity contribution in [3.05, 3.63) is 51.8 Å². The van der Waals surface area contributed by atoms with E-state index in [-0.39, 0.29) is 17.1 Å². The van der Waals surface area contributed by atoms with Crippen molar-refractivity contribution in [2.75, 3.05) is 11.1 Å². The minimum atomic E-state index is -4.58. The van der Waals surface area contributed by atoms with E-state index < -0.39 is 23.2 Å². The van der Waals surface area contributed by atoms with Crippen molar-refractivity contribution in [3.63, 3.8) is 0 Å². The van der Waals surface area contributed by atoms with Crippen LogP contribution in [0.4, 0.5) is 24.7 Å². The van der Waals surface area contributed by atoms with Crippen molar-refractivity contribution in [3.8, 4) is 0 Å². The summed E-state index contributed by atoms with van der Waals surface area (Å²) in [7, 11) is 0. The number of hydrogen-bond donors (Lipinski definition) is 3. The Morgan fingerprint density at radius 2 is 1.95 bits per heavy atom. The third-order valence-corrected chi connectivity index (χ3v) is 2.55. The maximum absolute atomic E-state index is 12.6. The molecule has 0 unspecified atom stereocenters. The Kier molecular flexibility index (Phi) is 3.66. The number of nitrogens with zero attached hydrogens (tertiary/aromatic N) is 1. The van der Waals surface area contributed by atoms with Crippen LogP contribution in [0.3, 0.4) is 0 Å². The molecule has 0 saturated carbocycles. The average Bonchev–Trinajstić information content (AvgIpc) is 2.40. The molecule has 2 aromatic rings. The zero-order valence-electron chi connectivity index (χ0n) is 10.4. The molecule has 1 heterocycles. The zero-order valence-corrected chi connectivity index (χ0v) is 10.4. The van der Waals surface area contributed by atoms with Gasteiger partial charge in [0.15, 0.2) is 5.82 Å². The van der Waals surface area contributed by atoms with Crippen LogP contribution in [0.25, 0.3) is 0 Å². The lowest BCUT2D eigenvalue weighted by Gasteiger charge is -2.11. The average molecular weight is 298 g/mol. The summed E-state index contributed by atoms with van der Waals surface area (Å²) in [6, 6.07) is 4.75. The molecule has 0 spiro atoms. The minimum absolute atomic E-state index is 0.0172. The predicted octanol–water partition coefficient (Wildman–Crippen LogP) is 1.62. The van der Waals surface area contributed by atoms with Gasteiger partial charge >= 0.3 is 6.18 Å². The molecule has 110 valence electrons. The number of H-pyrrole nitrogens is 1. The van der Waals surface area contributed by atoms with Crippen molar-refractivity contribution in [2.45, 2.75) is 6.18 Å². The van der Waals surface area contributed by atoms with Crippen molar-refractivity contribution in [1.29, 1.82) is 0 Å². The van der Waals surface area contributed by atoms with E-state index in [4.69, 9.17) is 5.73 Å². The monoisotopic (exact) mass is 298 g/mol. The number of alkyl halides is 3. The molecule has 6 nitrogen and oxygen atoms in total. The Bertz CT molecular complexity index is 720. The Labute approximate surface area is 115 Å². The fourth-order valence-corrected chi connectivity index (χ4v) is 1.53. The summed E-state index contributed by atoms with van der Waals surface area (Å²) in [5, 5.41) is 7.82. The topological polar surface area (TPSA) is 101 Å². The summed E-state index contributed by atoms with van der Waals surface area (Å²) in [5.74, 6) is -0.880. The number of amides is 1. The second kappa shape index (κ2) is 5.27. The normalized spacial score (nSPS) is 11.2. The van der Waals surface area contributed by atoms with Crippen LogP contribution < -0.4 is 16.6 Å². The van der Waals surface area contributed by atoms with Gasteiger partial charge in [0.05, 0.1) is 11.1 Å². The van der Waals surface area contributed by atoms with Crippen LogP contribution >= 0.6 is 0 Å². The van der Waals surface area contributed by atoms with E-state index in [0.29, 0.717) is 6.07 Å². The minimum Gasteiger partial charge on any atom is -0.398 e. The van der Waals surface area contributed by atoms with E-state index in [9.17, 15) is 22.8 Å². The Morgan fingerprint density at radius 1 is 1.24 bits per heavy atom. The first-order valence-electron chi connectivity index (χ1n) is 5.61. The number of carbonyl (C=O) groups is 1. The van der Waals surface area contributed by atoms with E-state index in [0.717, 1.165) is 18.2 Å². The summed E-state index contributed by atoms with van der Waals surface area (Å²) in [4.78, 5) is 22.7. The van der Waals surface area contributed by atoms with Crippen molar-refractivity contribution >= 4 is 17.4 Å². The quantitative estimate of drug-likeness (QED) is 0.733. The number of aromatic nitrogens is 2. The highest BCUT2D eigenvalue weighted by atomic mass is 19.4. The number of hydrogen-bond acceptors (Lipinski definition) is 4. The summed E-state index contributed by atoms with van der Waals surface area (Å²) >= 11 is 0. The van der Waals surface area contributed by atoms with Gasteiger partial charge in [-0.3, -0.25) is 9.59 Å². The summed E-state index contributed by atoms with van der Waals surface area (Å²) in [6.07, 6.45) is -4.58. The van der Waals surface area contributed by atoms with Gasteiger partial charge in [-0.25, -0.2) is 5.10 Å². The second-order valence-electron chi connectivity index (χ2n) is 4.06. The van der Waals surface area contributed by atoms with Crippen molar-refractivity contribution in [2.24, 2.45) is 0 Å². The summed E-state index contributed by atoms with van der Waals surface area (Å²) < 4.78 is 37.8. The van der Waals surface area contributed by atoms with Gasteiger partial charge in [-0.15, -0.1) is 0 Å². The molecule has 0 aliphatic heterocycles. The smallest absolute Gasteiger partial charge is 0.398 e. The molecule has 0 atom stereocenters. The molecular formula is C12H9F3N4O2. The number of halogens is 3. The summed E-state index contributed by atoms with van der Waals surface area (Å²) in [5.41, 5.74) is 3.59. The Morgan fingerprint density at radius 3 is 2.52 bits per heavy atom. The van der Waals surface area contributed by atoms with Crippen LogP contribution in [0, 0.1) is 0 Å². The first-order valence-corrected chi connectivity index (χ1v) is 5.61. The fourth-order valence-electron chi connectivity index (χ4n) is 1.53.